The third-order valence-corrected chi connectivity index (χ3v) is 5.26. The van der Waals surface area contributed by atoms with Gasteiger partial charge in [0.25, 0.3) is 0 Å². The van der Waals surface area contributed by atoms with Gasteiger partial charge in [0.15, 0.2) is 5.76 Å². The molecule has 0 spiro atoms. The number of hydrogen-bond acceptors (Lipinski definition) is 6. The number of fused-ring (bicyclic) bond motifs is 1. The highest BCUT2D eigenvalue weighted by Crippen LogP contribution is 2.38. The quantitative estimate of drug-likeness (QED) is 0.316. The monoisotopic (exact) mass is 430 g/mol. The molecule has 6 nitrogen and oxygen atoms in total. The molecular formula is C26H22O6. The maximum Gasteiger partial charge on any atom is 0.351 e. The minimum atomic E-state index is -0.640. The number of esters is 1. The summed E-state index contributed by atoms with van der Waals surface area (Å²) in [5, 5.41) is 0. The van der Waals surface area contributed by atoms with Gasteiger partial charge in [-0.25, -0.2) is 4.79 Å². The van der Waals surface area contributed by atoms with Crippen molar-refractivity contribution in [3.8, 4) is 23.0 Å². The van der Waals surface area contributed by atoms with Crippen molar-refractivity contribution in [3.05, 3.63) is 88.2 Å². The molecule has 32 heavy (non-hydrogen) atoms. The molecule has 0 radical (unpaired) electrons. The van der Waals surface area contributed by atoms with Crippen LogP contribution >= 0.6 is 0 Å². The number of methoxy groups -OCH3 is 2. The van der Waals surface area contributed by atoms with E-state index in [1.165, 1.54) is 14.2 Å². The Morgan fingerprint density at radius 2 is 1.59 bits per heavy atom. The van der Waals surface area contributed by atoms with Crippen LogP contribution in [0.1, 0.15) is 37.4 Å². The van der Waals surface area contributed by atoms with Gasteiger partial charge in [-0.05, 0) is 54.8 Å². The topological polar surface area (TPSA) is 71.1 Å². The third-order valence-electron chi connectivity index (χ3n) is 5.26. The Hall–Kier alpha value is -4.06. The van der Waals surface area contributed by atoms with Crippen LogP contribution in [0.3, 0.4) is 0 Å². The van der Waals surface area contributed by atoms with E-state index in [1.54, 1.807) is 43.3 Å². The second kappa shape index (κ2) is 8.59. The molecule has 1 aliphatic heterocycles. The molecule has 0 fully saturated rings. The van der Waals surface area contributed by atoms with Crippen LogP contribution in [0, 0.1) is 13.8 Å². The fourth-order valence-electron chi connectivity index (χ4n) is 3.64. The van der Waals surface area contributed by atoms with Gasteiger partial charge in [-0.2, -0.15) is 0 Å². The minimum Gasteiger partial charge on any atom is -0.496 e. The van der Waals surface area contributed by atoms with Crippen LogP contribution in [0.15, 0.2) is 60.4 Å². The summed E-state index contributed by atoms with van der Waals surface area (Å²) in [7, 11) is 2.93. The Morgan fingerprint density at radius 1 is 0.906 bits per heavy atom. The first-order valence-corrected chi connectivity index (χ1v) is 10.0. The first kappa shape index (κ1) is 21.2. The summed E-state index contributed by atoms with van der Waals surface area (Å²) >= 11 is 0. The number of allylic oxidation sites excluding steroid dienone is 1. The highest BCUT2D eigenvalue weighted by atomic mass is 16.5. The zero-order valence-electron chi connectivity index (χ0n) is 18.2. The van der Waals surface area contributed by atoms with Gasteiger partial charge in [0.05, 0.1) is 19.8 Å². The van der Waals surface area contributed by atoms with Crippen molar-refractivity contribution in [3.63, 3.8) is 0 Å². The highest BCUT2D eigenvalue weighted by molar-refractivity contribution is 6.15. The van der Waals surface area contributed by atoms with E-state index < -0.39 is 5.97 Å². The van der Waals surface area contributed by atoms with Crippen molar-refractivity contribution in [2.24, 2.45) is 0 Å². The molecule has 162 valence electrons. The molecular weight excluding hydrogens is 408 g/mol. The van der Waals surface area contributed by atoms with E-state index in [9.17, 15) is 9.59 Å². The summed E-state index contributed by atoms with van der Waals surface area (Å²) < 4.78 is 22.0. The van der Waals surface area contributed by atoms with Gasteiger partial charge in [-0.15, -0.1) is 0 Å². The van der Waals surface area contributed by atoms with Gasteiger partial charge >= 0.3 is 5.97 Å². The molecule has 0 aliphatic carbocycles. The van der Waals surface area contributed by atoms with Crippen molar-refractivity contribution in [1.29, 1.82) is 0 Å². The predicted molar refractivity (Wildman–Crippen MR) is 120 cm³/mol. The molecule has 4 rings (SSSR count). The van der Waals surface area contributed by atoms with Crippen molar-refractivity contribution in [1.82, 2.24) is 0 Å². The van der Waals surface area contributed by atoms with E-state index in [2.05, 4.69) is 0 Å². The van der Waals surface area contributed by atoms with E-state index in [0.29, 0.717) is 28.4 Å². The standard InChI is InChI=1S/C26H22O6/c1-15-8-5-6-9-17(15)13-22-25(27)23-16(2)12-18(14-21(23)32-22)31-26(28)24-19(29-3)10-7-11-20(24)30-4/h5-14H,1-4H3/b22-13-. The number of carbonyl (C=O) groups excluding carboxylic acids is 2. The molecule has 0 bridgehead atoms. The fourth-order valence-corrected chi connectivity index (χ4v) is 3.64. The molecule has 1 aliphatic rings. The van der Waals surface area contributed by atoms with Crippen LogP contribution in [0.25, 0.3) is 6.08 Å². The molecule has 0 saturated carbocycles. The fraction of sp³-hybridized carbons (Fsp3) is 0.154. The number of hydrogen-bond donors (Lipinski definition) is 0. The maximum absolute atomic E-state index is 12.9. The number of carbonyl (C=O) groups is 2. The number of ketones is 1. The normalized spacial score (nSPS) is 13.5. The van der Waals surface area contributed by atoms with E-state index >= 15 is 0 Å². The van der Waals surface area contributed by atoms with Crippen LogP contribution in [0.4, 0.5) is 0 Å². The molecule has 0 N–H and O–H groups in total. The first-order valence-electron chi connectivity index (χ1n) is 10.0. The molecule has 3 aromatic carbocycles. The van der Waals surface area contributed by atoms with Crippen molar-refractivity contribution < 1.29 is 28.5 Å². The molecule has 0 atom stereocenters. The zero-order valence-corrected chi connectivity index (χ0v) is 18.2. The molecule has 0 amide bonds. The van der Waals surface area contributed by atoms with Crippen LogP contribution < -0.4 is 18.9 Å². The average molecular weight is 430 g/mol. The van der Waals surface area contributed by atoms with E-state index in [1.807, 2.05) is 31.2 Å². The van der Waals surface area contributed by atoms with Gasteiger partial charge in [0, 0.05) is 6.07 Å². The van der Waals surface area contributed by atoms with Gasteiger partial charge in [-0.1, -0.05) is 30.3 Å². The Balaban J connectivity index is 1.65. The second-order valence-electron chi connectivity index (χ2n) is 7.34. The third kappa shape index (κ3) is 3.83. The van der Waals surface area contributed by atoms with Crippen molar-refractivity contribution in [2.45, 2.75) is 13.8 Å². The lowest BCUT2D eigenvalue weighted by molar-refractivity contribution is 0.0727. The minimum absolute atomic E-state index is 0.174. The lowest BCUT2D eigenvalue weighted by Crippen LogP contribution is -2.12. The Morgan fingerprint density at radius 3 is 2.25 bits per heavy atom. The Bertz CT molecular complexity index is 1230. The second-order valence-corrected chi connectivity index (χ2v) is 7.34. The van der Waals surface area contributed by atoms with Crippen LogP contribution in [0.5, 0.6) is 23.0 Å². The van der Waals surface area contributed by atoms with Crippen LogP contribution in [0.2, 0.25) is 0 Å². The smallest absolute Gasteiger partial charge is 0.351 e. The average Bonchev–Trinajstić information content (AvgIpc) is 3.09. The van der Waals surface area contributed by atoms with Crippen molar-refractivity contribution >= 4 is 17.8 Å². The number of benzene rings is 3. The van der Waals surface area contributed by atoms with Gasteiger partial charge in [0.1, 0.15) is 28.6 Å². The summed E-state index contributed by atoms with van der Waals surface area (Å²) in [5.74, 6) is 0.661. The van der Waals surface area contributed by atoms with Crippen molar-refractivity contribution in [2.75, 3.05) is 14.2 Å². The molecule has 1 heterocycles. The van der Waals surface area contributed by atoms with Gasteiger partial charge in [0.2, 0.25) is 5.78 Å². The van der Waals surface area contributed by atoms with Gasteiger partial charge < -0.3 is 18.9 Å². The highest BCUT2D eigenvalue weighted by Gasteiger charge is 2.31. The number of aryl methyl sites for hydroxylation is 2. The molecule has 0 unspecified atom stereocenters. The Labute approximate surface area is 186 Å². The first-order chi connectivity index (χ1) is 15.4. The zero-order chi connectivity index (χ0) is 22.8. The lowest BCUT2D eigenvalue weighted by atomic mass is 10.0. The van der Waals surface area contributed by atoms with E-state index in [-0.39, 0.29) is 22.9 Å². The Kier molecular flexibility index (Phi) is 5.69. The maximum atomic E-state index is 12.9. The van der Waals surface area contributed by atoms with E-state index in [0.717, 1.165) is 11.1 Å². The number of Topliss-reactive ketones (excluding diaryl/α,β-unsaturated/α-hetero) is 1. The summed E-state index contributed by atoms with van der Waals surface area (Å²) in [4.78, 5) is 25.8. The van der Waals surface area contributed by atoms with Crippen LogP contribution in [-0.4, -0.2) is 26.0 Å². The van der Waals surface area contributed by atoms with Gasteiger partial charge in [-0.3, -0.25) is 4.79 Å². The largest absolute Gasteiger partial charge is 0.496 e. The predicted octanol–water partition coefficient (Wildman–Crippen LogP) is 5.16. The summed E-state index contributed by atoms with van der Waals surface area (Å²) in [6.45, 7) is 3.74. The molecule has 3 aromatic rings. The molecule has 6 heteroatoms. The summed E-state index contributed by atoms with van der Waals surface area (Å²) in [6, 6.07) is 15.9. The number of rotatable bonds is 5. The molecule has 0 aromatic heterocycles. The SMILES string of the molecule is COc1cccc(OC)c1C(=O)Oc1cc(C)c2c(c1)O/C(=C\c1ccccc1C)C2=O. The summed E-state index contributed by atoms with van der Waals surface area (Å²) in [5.41, 5.74) is 3.21. The van der Waals surface area contributed by atoms with E-state index in [4.69, 9.17) is 18.9 Å². The summed E-state index contributed by atoms with van der Waals surface area (Å²) in [6.07, 6.45) is 1.72. The lowest BCUT2D eigenvalue weighted by Gasteiger charge is -2.13. The van der Waals surface area contributed by atoms with Crippen LogP contribution in [-0.2, 0) is 0 Å². The number of ether oxygens (including phenoxy) is 4. The molecule has 0 saturated heterocycles.